The summed E-state index contributed by atoms with van der Waals surface area (Å²) in [6.07, 6.45) is -2.91. The normalized spacial score (nSPS) is 14.1. The molecule has 1 saturated heterocycles. The van der Waals surface area contributed by atoms with Crippen LogP contribution in [0, 0.1) is 6.92 Å². The maximum Gasteiger partial charge on any atom is 0.416 e. The molecule has 1 amide bonds. The number of halogens is 3. The Labute approximate surface area is 194 Å². The number of hydrogen-bond donors (Lipinski definition) is 2. The lowest BCUT2D eigenvalue weighted by molar-refractivity contribution is -0.137. The number of nitrogens with one attached hydrogen (secondary N) is 2. The lowest BCUT2D eigenvalue weighted by Gasteiger charge is -2.36. The molecule has 1 fully saturated rings. The van der Waals surface area contributed by atoms with E-state index in [0.29, 0.717) is 43.8 Å². The third kappa shape index (κ3) is 5.36. The summed E-state index contributed by atoms with van der Waals surface area (Å²) < 4.78 is 38.4. The minimum absolute atomic E-state index is 0.155. The largest absolute Gasteiger partial charge is 0.416 e. The van der Waals surface area contributed by atoms with Gasteiger partial charge in [0.05, 0.1) is 5.56 Å². The van der Waals surface area contributed by atoms with E-state index in [1.54, 1.807) is 0 Å². The minimum Gasteiger partial charge on any atom is -0.368 e. The molecule has 0 aliphatic carbocycles. The van der Waals surface area contributed by atoms with Crippen molar-refractivity contribution in [3.63, 3.8) is 0 Å². The zero-order valence-corrected chi connectivity index (χ0v) is 18.7. The molecule has 2 N–H and O–H groups in total. The number of carbonyl (C=O) groups excluding carboxylic acids is 1. The van der Waals surface area contributed by atoms with Crippen LogP contribution in [0.3, 0.4) is 0 Å². The fraction of sp³-hybridized carbons (Fsp3) is 0.304. The third-order valence-electron chi connectivity index (χ3n) is 5.57. The van der Waals surface area contributed by atoms with Crippen molar-refractivity contribution in [3.8, 4) is 0 Å². The topological polar surface area (TPSA) is 86.3 Å². The first-order chi connectivity index (χ1) is 16.2. The fourth-order valence-electron chi connectivity index (χ4n) is 3.74. The number of nitrogens with zero attached hydrogens (tertiary/aromatic N) is 5. The molecule has 2 heterocycles. The highest BCUT2D eigenvalue weighted by molar-refractivity contribution is 5.90. The Morgan fingerprint density at radius 1 is 0.941 bits per heavy atom. The molecule has 0 radical (unpaired) electrons. The summed E-state index contributed by atoms with van der Waals surface area (Å²) in [7, 11) is 0. The van der Waals surface area contributed by atoms with Gasteiger partial charge < -0.3 is 20.4 Å². The molecule has 2 aromatic carbocycles. The predicted octanol–water partition coefficient (Wildman–Crippen LogP) is 4.23. The number of aromatic nitrogens is 3. The average Bonchev–Trinajstić information content (AvgIpc) is 2.81. The van der Waals surface area contributed by atoms with Gasteiger partial charge in [0.25, 0.3) is 0 Å². The van der Waals surface area contributed by atoms with Crippen LogP contribution in [0.4, 0.5) is 42.1 Å². The van der Waals surface area contributed by atoms with Gasteiger partial charge in [0.15, 0.2) is 0 Å². The van der Waals surface area contributed by atoms with Crippen molar-refractivity contribution in [2.75, 3.05) is 46.6 Å². The van der Waals surface area contributed by atoms with Gasteiger partial charge in [0.2, 0.25) is 17.8 Å². The molecular weight excluding hydrogens is 447 g/mol. The molecule has 0 atom stereocenters. The molecule has 178 valence electrons. The van der Waals surface area contributed by atoms with Crippen molar-refractivity contribution in [2.45, 2.75) is 20.0 Å². The van der Waals surface area contributed by atoms with E-state index >= 15 is 0 Å². The van der Waals surface area contributed by atoms with Gasteiger partial charge >= 0.3 is 6.18 Å². The summed E-state index contributed by atoms with van der Waals surface area (Å²) in [5.74, 6) is 0.733. The first kappa shape index (κ1) is 23.3. The van der Waals surface area contributed by atoms with E-state index in [0.717, 1.165) is 29.1 Å². The van der Waals surface area contributed by atoms with E-state index in [4.69, 9.17) is 0 Å². The zero-order chi connectivity index (χ0) is 24.3. The van der Waals surface area contributed by atoms with Gasteiger partial charge in [-0.3, -0.25) is 4.79 Å². The lowest BCUT2D eigenvalue weighted by atomic mass is 10.1. The van der Waals surface area contributed by atoms with Crippen LogP contribution in [-0.2, 0) is 11.0 Å². The minimum atomic E-state index is -4.34. The molecule has 1 aliphatic heterocycles. The van der Waals surface area contributed by atoms with Crippen LogP contribution in [0.1, 0.15) is 18.1 Å². The van der Waals surface area contributed by atoms with Gasteiger partial charge in [-0.1, -0.05) is 6.07 Å². The Bertz CT molecular complexity index is 1160. The van der Waals surface area contributed by atoms with Crippen LogP contribution in [0.15, 0.2) is 48.8 Å². The van der Waals surface area contributed by atoms with Gasteiger partial charge in [0, 0.05) is 50.2 Å². The highest BCUT2D eigenvalue weighted by Gasteiger charge is 2.30. The molecule has 0 unspecified atom stereocenters. The van der Waals surface area contributed by atoms with Crippen LogP contribution in [0.2, 0.25) is 0 Å². The number of anilines is 5. The van der Waals surface area contributed by atoms with Gasteiger partial charge in [-0.2, -0.15) is 18.2 Å². The molecule has 11 heteroatoms. The van der Waals surface area contributed by atoms with Crippen molar-refractivity contribution in [1.82, 2.24) is 15.0 Å². The Hall–Kier alpha value is -3.89. The number of piperazine rings is 1. The highest BCUT2D eigenvalue weighted by Crippen LogP contribution is 2.31. The number of hydrogen-bond acceptors (Lipinski definition) is 7. The van der Waals surface area contributed by atoms with Gasteiger partial charge in [-0.15, -0.1) is 0 Å². The molecule has 1 aliphatic rings. The predicted molar refractivity (Wildman–Crippen MR) is 124 cm³/mol. The zero-order valence-electron chi connectivity index (χ0n) is 18.7. The SMILES string of the molecule is CC(=O)Nc1cccc(Nc2ncnc(N3CCN(c4ccc(C(F)(F)F)cc4)CC3)n2)c1C. The van der Waals surface area contributed by atoms with Crippen molar-refractivity contribution >= 4 is 34.9 Å². The van der Waals surface area contributed by atoms with E-state index in [-0.39, 0.29) is 5.91 Å². The fourth-order valence-corrected chi connectivity index (χ4v) is 3.74. The van der Waals surface area contributed by atoms with Crippen molar-refractivity contribution in [1.29, 1.82) is 0 Å². The van der Waals surface area contributed by atoms with Crippen LogP contribution >= 0.6 is 0 Å². The highest BCUT2D eigenvalue weighted by atomic mass is 19.4. The molecule has 0 saturated carbocycles. The number of benzene rings is 2. The van der Waals surface area contributed by atoms with Gasteiger partial charge in [0.1, 0.15) is 6.33 Å². The van der Waals surface area contributed by atoms with Crippen molar-refractivity contribution in [2.24, 2.45) is 0 Å². The van der Waals surface area contributed by atoms with Crippen molar-refractivity contribution in [3.05, 3.63) is 59.9 Å². The molecule has 4 rings (SSSR count). The van der Waals surface area contributed by atoms with Crippen molar-refractivity contribution < 1.29 is 18.0 Å². The second-order valence-electron chi connectivity index (χ2n) is 7.91. The molecule has 0 spiro atoms. The maximum absolute atomic E-state index is 12.8. The summed E-state index contributed by atoms with van der Waals surface area (Å²) in [5.41, 5.74) is 2.41. The van der Waals surface area contributed by atoms with Crippen LogP contribution < -0.4 is 20.4 Å². The average molecular weight is 471 g/mol. The standard InChI is InChI=1S/C23H24F3N7O/c1-15-19(29-16(2)34)4-3-5-20(15)30-21-27-14-28-22(31-21)33-12-10-32(11-13-33)18-8-6-17(7-9-18)23(24,25)26/h3-9,14H,10-13H2,1-2H3,(H,29,34)(H,27,28,30,31). The number of rotatable bonds is 5. The molecule has 34 heavy (non-hydrogen) atoms. The van der Waals surface area contributed by atoms with E-state index in [1.807, 2.05) is 34.9 Å². The Morgan fingerprint density at radius 2 is 1.59 bits per heavy atom. The molecule has 0 bridgehead atoms. The Kier molecular flexibility index (Phi) is 6.53. The lowest BCUT2D eigenvalue weighted by Crippen LogP contribution is -2.47. The second-order valence-corrected chi connectivity index (χ2v) is 7.91. The maximum atomic E-state index is 12.8. The van der Waals surface area contributed by atoms with Crippen LogP contribution in [0.5, 0.6) is 0 Å². The Morgan fingerprint density at radius 3 is 2.24 bits per heavy atom. The number of carbonyl (C=O) groups is 1. The third-order valence-corrected chi connectivity index (χ3v) is 5.57. The molecule has 3 aromatic rings. The molecule has 8 nitrogen and oxygen atoms in total. The van der Waals surface area contributed by atoms with Crippen LogP contribution in [0.25, 0.3) is 0 Å². The van der Waals surface area contributed by atoms with Gasteiger partial charge in [-0.25, -0.2) is 9.97 Å². The van der Waals surface area contributed by atoms with E-state index < -0.39 is 11.7 Å². The van der Waals surface area contributed by atoms with E-state index in [9.17, 15) is 18.0 Å². The summed E-state index contributed by atoms with van der Waals surface area (Å²) in [6, 6.07) is 10.7. The number of amides is 1. The quantitative estimate of drug-likeness (QED) is 0.576. The summed E-state index contributed by atoms with van der Waals surface area (Å²) >= 11 is 0. The number of alkyl halides is 3. The van der Waals surface area contributed by atoms with Crippen LogP contribution in [-0.4, -0.2) is 47.0 Å². The Balaban J connectivity index is 1.41. The summed E-state index contributed by atoms with van der Waals surface area (Å²) in [4.78, 5) is 28.5. The molecular formula is C23H24F3N7O. The molecule has 1 aromatic heterocycles. The second kappa shape index (κ2) is 9.54. The van der Waals surface area contributed by atoms with Gasteiger partial charge in [-0.05, 0) is 48.9 Å². The first-order valence-electron chi connectivity index (χ1n) is 10.7. The smallest absolute Gasteiger partial charge is 0.368 e. The summed E-state index contributed by atoms with van der Waals surface area (Å²) in [5, 5.41) is 5.96. The van der Waals surface area contributed by atoms with E-state index in [2.05, 4.69) is 25.6 Å². The first-order valence-corrected chi connectivity index (χ1v) is 10.7. The monoisotopic (exact) mass is 471 g/mol. The van der Waals surface area contributed by atoms with E-state index in [1.165, 1.54) is 25.4 Å². The summed E-state index contributed by atoms with van der Waals surface area (Å²) in [6.45, 7) is 5.81.